The van der Waals surface area contributed by atoms with Gasteiger partial charge in [0, 0.05) is 29.1 Å². The lowest BCUT2D eigenvalue weighted by Crippen LogP contribution is -2.82. The molecule has 1 aliphatic carbocycles. The van der Waals surface area contributed by atoms with Gasteiger partial charge in [0.25, 0.3) is 11.8 Å². The highest BCUT2D eigenvalue weighted by atomic mass is 32.2. The van der Waals surface area contributed by atoms with Crippen molar-refractivity contribution in [1.29, 1.82) is 0 Å². The van der Waals surface area contributed by atoms with Gasteiger partial charge in [0.15, 0.2) is 5.78 Å². The molecule has 8 nitrogen and oxygen atoms in total. The smallest absolute Gasteiger partial charge is 0.305 e. The van der Waals surface area contributed by atoms with Crippen molar-refractivity contribution in [2.45, 2.75) is 52.9 Å². The van der Waals surface area contributed by atoms with Crippen LogP contribution < -0.4 is 10.6 Å². The number of hydrogen-bond acceptors (Lipinski definition) is 8. The number of rotatable bonds is 8. The fourth-order valence-electron chi connectivity index (χ4n) is 6.10. The molecule has 2 saturated heterocycles. The standard InChI is InChI=1S/C28H30N2O6S2/c1-36-22(31)13-8-14-26-15-20-23(32)27(17-37-20,30-25(34)19-11-6-3-7-12-19)28(26,35)21(16-38-26)29-24(33)18-9-4-2-5-10-18/h2-7,9-12,20-21,35H,8,13-17H2,1H3,(H,29,33)(H,30,34)/t20-,21-,26+,27-,28+/m1/s1. The highest BCUT2D eigenvalue weighted by Gasteiger charge is 2.78. The van der Waals surface area contributed by atoms with E-state index in [2.05, 4.69) is 10.6 Å². The Morgan fingerprint density at radius 3 is 2.29 bits per heavy atom. The van der Waals surface area contributed by atoms with E-state index in [4.69, 9.17) is 4.74 Å². The summed E-state index contributed by atoms with van der Waals surface area (Å²) in [5, 5.41) is 18.4. The Morgan fingerprint density at radius 1 is 1.03 bits per heavy atom. The van der Waals surface area contributed by atoms with Crippen LogP contribution in [0.5, 0.6) is 0 Å². The minimum absolute atomic E-state index is 0.172. The second-order valence-corrected chi connectivity index (χ2v) is 12.6. The Labute approximate surface area is 229 Å². The van der Waals surface area contributed by atoms with E-state index in [-0.39, 0.29) is 29.8 Å². The monoisotopic (exact) mass is 554 g/mol. The van der Waals surface area contributed by atoms with Gasteiger partial charge in [-0.3, -0.25) is 19.2 Å². The lowest BCUT2D eigenvalue weighted by atomic mass is 9.59. The molecule has 3 N–H and O–H groups in total. The Bertz CT molecular complexity index is 1240. The second kappa shape index (κ2) is 10.4. The summed E-state index contributed by atoms with van der Waals surface area (Å²) in [7, 11) is 1.33. The van der Waals surface area contributed by atoms with Gasteiger partial charge in [0.2, 0.25) is 0 Å². The van der Waals surface area contributed by atoms with Gasteiger partial charge in [0.1, 0.15) is 11.1 Å². The zero-order valence-corrected chi connectivity index (χ0v) is 22.6. The average molecular weight is 555 g/mol. The second-order valence-electron chi connectivity index (χ2n) is 9.99. The molecule has 0 spiro atoms. The molecule has 5 atom stereocenters. The van der Waals surface area contributed by atoms with E-state index in [1.165, 1.54) is 30.6 Å². The predicted molar refractivity (Wildman–Crippen MR) is 146 cm³/mol. The molecule has 0 aromatic heterocycles. The van der Waals surface area contributed by atoms with Crippen LogP contribution in [0.15, 0.2) is 60.7 Å². The van der Waals surface area contributed by atoms with Crippen LogP contribution in [-0.4, -0.2) is 74.5 Å². The van der Waals surface area contributed by atoms with Crippen molar-refractivity contribution < 1.29 is 29.0 Å². The van der Waals surface area contributed by atoms with Gasteiger partial charge in [-0.15, -0.1) is 23.5 Å². The van der Waals surface area contributed by atoms with Gasteiger partial charge in [-0.25, -0.2) is 0 Å². The van der Waals surface area contributed by atoms with Crippen molar-refractivity contribution >= 4 is 47.1 Å². The minimum Gasteiger partial charge on any atom is -0.469 e. The summed E-state index contributed by atoms with van der Waals surface area (Å²) in [4.78, 5) is 52.4. The van der Waals surface area contributed by atoms with Crippen LogP contribution in [0.2, 0.25) is 0 Å². The number of methoxy groups -OCH3 is 1. The number of ketones is 1. The highest BCUT2D eigenvalue weighted by Crippen LogP contribution is 2.64. The number of fused-ring (bicyclic) bond motifs is 4. The van der Waals surface area contributed by atoms with E-state index < -0.39 is 33.1 Å². The molecule has 2 heterocycles. The molecule has 200 valence electrons. The lowest BCUT2D eigenvalue weighted by molar-refractivity contribution is -0.150. The van der Waals surface area contributed by atoms with E-state index in [1.807, 2.05) is 6.07 Å². The number of nitrogens with one attached hydrogen (secondary N) is 2. The average Bonchev–Trinajstić information content (AvgIpc) is 3.36. The summed E-state index contributed by atoms with van der Waals surface area (Å²) in [5.41, 5.74) is -2.57. The van der Waals surface area contributed by atoms with E-state index >= 15 is 0 Å². The molecule has 2 bridgehead atoms. The largest absolute Gasteiger partial charge is 0.469 e. The maximum atomic E-state index is 13.9. The summed E-state index contributed by atoms with van der Waals surface area (Å²) in [5.74, 6) is -0.829. The summed E-state index contributed by atoms with van der Waals surface area (Å²) in [6, 6.07) is 16.5. The predicted octanol–water partition coefficient (Wildman–Crippen LogP) is 2.60. The molecule has 3 aliphatic rings. The van der Waals surface area contributed by atoms with Crippen LogP contribution in [0.3, 0.4) is 0 Å². The first kappa shape index (κ1) is 26.8. The first-order valence-corrected chi connectivity index (χ1v) is 14.6. The third kappa shape index (κ3) is 4.23. The summed E-state index contributed by atoms with van der Waals surface area (Å²) in [6.07, 6.45) is 1.43. The Kier molecular flexibility index (Phi) is 7.32. The number of aliphatic hydroxyl groups is 1. The number of carbonyl (C=O) groups is 4. The SMILES string of the molecule is COC(=O)CCC[C@]12C[C@H]3SC[C@@](NC(=O)c4ccccc4)(C3=O)[C@]1(O)[C@H](NC(=O)c1ccccc1)CS2. The number of esters is 1. The summed E-state index contributed by atoms with van der Waals surface area (Å²) in [6.45, 7) is 0. The molecule has 2 aliphatic heterocycles. The van der Waals surface area contributed by atoms with Gasteiger partial charge in [-0.1, -0.05) is 36.4 Å². The van der Waals surface area contributed by atoms with Gasteiger partial charge in [-0.05, 0) is 43.5 Å². The number of ether oxygens (including phenoxy) is 1. The van der Waals surface area contributed by atoms with Gasteiger partial charge in [0.05, 0.1) is 23.1 Å². The van der Waals surface area contributed by atoms with Crippen LogP contribution in [0.1, 0.15) is 46.4 Å². The minimum atomic E-state index is -1.78. The Hall–Kier alpha value is -2.82. The van der Waals surface area contributed by atoms with Crippen molar-refractivity contribution in [2.75, 3.05) is 18.6 Å². The molecular formula is C28H30N2O6S2. The van der Waals surface area contributed by atoms with Crippen LogP contribution >= 0.6 is 23.5 Å². The number of hydrogen-bond donors (Lipinski definition) is 3. The van der Waals surface area contributed by atoms with Crippen LogP contribution in [0.4, 0.5) is 0 Å². The number of amides is 2. The van der Waals surface area contributed by atoms with Gasteiger partial charge in [-0.2, -0.15) is 0 Å². The molecule has 5 rings (SSSR count). The number of Topliss-reactive ketones (excluding diaryl/α,β-unsaturated/α-hetero) is 1. The maximum Gasteiger partial charge on any atom is 0.305 e. The third-order valence-electron chi connectivity index (χ3n) is 8.00. The topological polar surface area (TPSA) is 122 Å². The third-order valence-corrected chi connectivity index (χ3v) is 11.1. The summed E-state index contributed by atoms with van der Waals surface area (Å²) >= 11 is 2.95. The Balaban J connectivity index is 1.54. The quantitative estimate of drug-likeness (QED) is 0.426. The molecule has 2 aromatic carbocycles. The van der Waals surface area contributed by atoms with Crippen LogP contribution in [-0.2, 0) is 14.3 Å². The van der Waals surface area contributed by atoms with Crippen LogP contribution in [0, 0.1) is 0 Å². The molecule has 1 saturated carbocycles. The molecule has 3 fully saturated rings. The van der Waals surface area contributed by atoms with Crippen molar-refractivity contribution in [1.82, 2.24) is 10.6 Å². The summed E-state index contributed by atoms with van der Waals surface area (Å²) < 4.78 is 3.95. The number of benzene rings is 2. The van der Waals surface area contributed by atoms with E-state index in [0.717, 1.165) is 0 Å². The fourth-order valence-corrected chi connectivity index (χ4v) is 9.76. The number of thioether (sulfide) groups is 2. The van der Waals surface area contributed by atoms with E-state index in [9.17, 15) is 24.3 Å². The maximum absolute atomic E-state index is 13.9. The molecular weight excluding hydrogens is 524 g/mol. The molecule has 38 heavy (non-hydrogen) atoms. The normalized spacial score (nSPS) is 31.4. The first-order valence-electron chi connectivity index (χ1n) is 12.6. The van der Waals surface area contributed by atoms with Crippen molar-refractivity contribution in [2.24, 2.45) is 0 Å². The van der Waals surface area contributed by atoms with Gasteiger partial charge < -0.3 is 20.5 Å². The van der Waals surface area contributed by atoms with Crippen molar-refractivity contribution in [3.63, 3.8) is 0 Å². The molecule has 10 heteroatoms. The van der Waals surface area contributed by atoms with E-state index in [0.29, 0.717) is 36.1 Å². The first-order chi connectivity index (χ1) is 18.3. The van der Waals surface area contributed by atoms with Gasteiger partial charge >= 0.3 is 5.97 Å². The highest BCUT2D eigenvalue weighted by molar-refractivity contribution is 8.02. The fraction of sp³-hybridized carbons (Fsp3) is 0.429. The Morgan fingerprint density at radius 2 is 1.66 bits per heavy atom. The molecule has 0 radical (unpaired) electrons. The molecule has 2 aromatic rings. The lowest BCUT2D eigenvalue weighted by Gasteiger charge is -2.56. The zero-order valence-electron chi connectivity index (χ0n) is 21.0. The van der Waals surface area contributed by atoms with E-state index in [1.54, 1.807) is 54.6 Å². The van der Waals surface area contributed by atoms with Crippen molar-refractivity contribution in [3.05, 3.63) is 71.8 Å². The molecule has 2 amide bonds. The number of carbonyl (C=O) groups excluding carboxylic acids is 4. The van der Waals surface area contributed by atoms with Crippen LogP contribution in [0.25, 0.3) is 0 Å². The van der Waals surface area contributed by atoms with Crippen molar-refractivity contribution in [3.8, 4) is 0 Å². The molecule has 0 unspecified atom stereocenters. The zero-order chi connectivity index (χ0) is 27.0.